The molecule has 0 spiro atoms. The van der Waals surface area contributed by atoms with Crippen molar-refractivity contribution >= 4 is 27.7 Å². The van der Waals surface area contributed by atoms with Gasteiger partial charge in [0.1, 0.15) is 22.1 Å². The molecule has 0 aromatic heterocycles. The summed E-state index contributed by atoms with van der Waals surface area (Å²) >= 11 is 5.90. The average molecular weight is 583 g/mol. The lowest BCUT2D eigenvalue weighted by Gasteiger charge is -2.45. The maximum absolute atomic E-state index is 15.0. The van der Waals surface area contributed by atoms with Gasteiger partial charge in [-0.05, 0) is 93.7 Å². The molecule has 1 saturated carbocycles. The van der Waals surface area contributed by atoms with Crippen molar-refractivity contribution in [1.29, 1.82) is 0 Å². The standard InChI is InChI=1S/C28H33ClF2N2O5S/c29-20-10-11-25(23(31)18-20)39(36,37)33-24(19-5-3-6-21(30)17-19)8-4-9-26(33)28(13-14-28)38-27(35)32-15-2-1-7-22(32)12-16-34/h3,5-6,10-11,17-18,22,24,26,34H,1-2,4,7-9,12-16H2/t22?,24-,26+/m0/s1. The summed E-state index contributed by atoms with van der Waals surface area (Å²) in [6.07, 6.45) is 4.84. The molecule has 3 fully saturated rings. The minimum absolute atomic E-state index is 0.0454. The van der Waals surface area contributed by atoms with Gasteiger partial charge in [-0.15, -0.1) is 0 Å². The molecule has 0 radical (unpaired) electrons. The molecule has 2 aromatic carbocycles. The van der Waals surface area contributed by atoms with Crippen molar-refractivity contribution in [2.75, 3.05) is 13.2 Å². The Morgan fingerprint density at radius 2 is 1.87 bits per heavy atom. The molecule has 3 aliphatic rings. The first-order valence-electron chi connectivity index (χ1n) is 13.5. The number of carbonyl (C=O) groups is 1. The molecule has 7 nitrogen and oxygen atoms in total. The first kappa shape index (κ1) is 28.3. The third kappa shape index (κ3) is 5.66. The Morgan fingerprint density at radius 1 is 1.08 bits per heavy atom. The number of aliphatic hydroxyl groups excluding tert-OH is 1. The molecule has 39 heavy (non-hydrogen) atoms. The van der Waals surface area contributed by atoms with E-state index < -0.39 is 50.3 Å². The van der Waals surface area contributed by atoms with Gasteiger partial charge in [-0.25, -0.2) is 22.0 Å². The summed E-state index contributed by atoms with van der Waals surface area (Å²) in [4.78, 5) is 14.5. The Balaban J connectivity index is 1.52. The number of amides is 1. The van der Waals surface area contributed by atoms with E-state index in [4.69, 9.17) is 16.3 Å². The summed E-state index contributed by atoms with van der Waals surface area (Å²) in [5, 5.41) is 9.54. The van der Waals surface area contributed by atoms with Crippen molar-refractivity contribution in [3.05, 3.63) is 64.7 Å². The van der Waals surface area contributed by atoms with Crippen molar-refractivity contribution < 1.29 is 31.8 Å². The fourth-order valence-corrected chi connectivity index (χ4v) is 8.31. The van der Waals surface area contributed by atoms with E-state index in [1.165, 1.54) is 28.6 Å². The number of rotatable bonds is 7. The van der Waals surface area contributed by atoms with Gasteiger partial charge in [0.2, 0.25) is 10.0 Å². The summed E-state index contributed by atoms with van der Waals surface area (Å²) in [7, 11) is -4.45. The number of nitrogens with zero attached hydrogens (tertiary/aromatic N) is 2. The van der Waals surface area contributed by atoms with Crippen LogP contribution in [0.1, 0.15) is 69.4 Å². The van der Waals surface area contributed by atoms with E-state index in [0.717, 1.165) is 31.4 Å². The number of piperidine rings is 2. The molecule has 2 heterocycles. The molecular weight excluding hydrogens is 550 g/mol. The first-order chi connectivity index (χ1) is 18.7. The van der Waals surface area contributed by atoms with Crippen LogP contribution in [0.5, 0.6) is 0 Å². The van der Waals surface area contributed by atoms with E-state index in [2.05, 4.69) is 0 Å². The Morgan fingerprint density at radius 3 is 2.56 bits per heavy atom. The van der Waals surface area contributed by atoms with Gasteiger partial charge in [-0.3, -0.25) is 0 Å². The van der Waals surface area contributed by atoms with Gasteiger partial charge in [0.15, 0.2) is 0 Å². The molecule has 2 aromatic rings. The summed E-state index contributed by atoms with van der Waals surface area (Å²) in [5.41, 5.74) is -0.612. The molecule has 11 heteroatoms. The second-order valence-corrected chi connectivity index (χ2v) is 13.0. The van der Waals surface area contributed by atoms with Gasteiger partial charge in [0.05, 0.1) is 12.1 Å². The number of carbonyl (C=O) groups excluding carboxylic acids is 1. The molecule has 1 amide bonds. The lowest BCUT2D eigenvalue weighted by atomic mass is 9.90. The van der Waals surface area contributed by atoms with Crippen molar-refractivity contribution in [1.82, 2.24) is 9.21 Å². The minimum atomic E-state index is -4.45. The summed E-state index contributed by atoms with van der Waals surface area (Å²) < 4.78 is 65.0. The van der Waals surface area contributed by atoms with E-state index in [1.807, 2.05) is 0 Å². The quantitative estimate of drug-likeness (QED) is 0.445. The van der Waals surface area contributed by atoms with Gasteiger partial charge < -0.3 is 14.7 Å². The Hall–Kier alpha value is -2.27. The molecule has 2 aliphatic heterocycles. The van der Waals surface area contributed by atoms with Crippen LogP contribution >= 0.6 is 11.6 Å². The smallest absolute Gasteiger partial charge is 0.410 e. The highest BCUT2D eigenvalue weighted by Gasteiger charge is 2.60. The number of hydrogen-bond acceptors (Lipinski definition) is 5. The summed E-state index contributed by atoms with van der Waals surface area (Å²) in [5.74, 6) is -1.48. The van der Waals surface area contributed by atoms with Gasteiger partial charge in [0, 0.05) is 24.2 Å². The molecular formula is C28H33ClF2N2O5S. The number of ether oxygens (including phenoxy) is 1. The molecule has 0 bridgehead atoms. The van der Waals surface area contributed by atoms with E-state index in [-0.39, 0.29) is 17.7 Å². The Labute approximate surface area is 232 Å². The average Bonchev–Trinajstić information content (AvgIpc) is 3.69. The van der Waals surface area contributed by atoms with Crippen LogP contribution in [0.4, 0.5) is 13.6 Å². The zero-order valence-corrected chi connectivity index (χ0v) is 23.1. The molecule has 5 rings (SSSR count). The second kappa shape index (κ2) is 11.3. The second-order valence-electron chi connectivity index (χ2n) is 10.7. The zero-order valence-electron chi connectivity index (χ0n) is 21.6. The molecule has 212 valence electrons. The van der Waals surface area contributed by atoms with Crippen LogP contribution in [0.2, 0.25) is 5.02 Å². The van der Waals surface area contributed by atoms with E-state index >= 15 is 4.39 Å². The van der Waals surface area contributed by atoms with Crippen molar-refractivity contribution in [2.45, 2.75) is 86.4 Å². The molecule has 1 unspecified atom stereocenters. The van der Waals surface area contributed by atoms with Crippen LogP contribution < -0.4 is 0 Å². The highest BCUT2D eigenvalue weighted by Crippen LogP contribution is 2.53. The van der Waals surface area contributed by atoms with Gasteiger partial charge in [-0.1, -0.05) is 23.7 Å². The van der Waals surface area contributed by atoms with Crippen LogP contribution in [0.15, 0.2) is 47.4 Å². The minimum Gasteiger partial charge on any atom is -0.441 e. The topological polar surface area (TPSA) is 87.2 Å². The van der Waals surface area contributed by atoms with E-state index in [9.17, 15) is 22.7 Å². The third-order valence-corrected chi connectivity index (χ3v) is 10.4. The number of benzene rings is 2. The monoisotopic (exact) mass is 582 g/mol. The Bertz CT molecular complexity index is 1320. The normalized spacial score (nSPS) is 25.3. The lowest BCUT2D eigenvalue weighted by molar-refractivity contribution is -0.0189. The number of aliphatic hydroxyl groups is 1. The van der Waals surface area contributed by atoms with Crippen molar-refractivity contribution in [3.63, 3.8) is 0 Å². The maximum atomic E-state index is 15.0. The van der Waals surface area contributed by atoms with Gasteiger partial charge in [0.25, 0.3) is 0 Å². The number of halogens is 3. The fourth-order valence-electron chi connectivity index (χ4n) is 6.18. The van der Waals surface area contributed by atoms with Gasteiger partial charge in [-0.2, -0.15) is 4.31 Å². The van der Waals surface area contributed by atoms with Crippen molar-refractivity contribution in [2.24, 2.45) is 0 Å². The predicted octanol–water partition coefficient (Wildman–Crippen LogP) is 5.81. The number of likely N-dealkylation sites (tertiary alicyclic amines) is 1. The zero-order chi connectivity index (χ0) is 27.8. The predicted molar refractivity (Wildman–Crippen MR) is 142 cm³/mol. The fraction of sp³-hybridized carbons (Fsp3) is 0.536. The Kier molecular flexibility index (Phi) is 8.20. The highest BCUT2D eigenvalue weighted by molar-refractivity contribution is 7.89. The molecule has 1 N–H and O–H groups in total. The lowest BCUT2D eigenvalue weighted by Crippen LogP contribution is -2.55. The highest BCUT2D eigenvalue weighted by atomic mass is 35.5. The van der Waals surface area contributed by atoms with Crippen LogP contribution in [0.3, 0.4) is 0 Å². The largest absolute Gasteiger partial charge is 0.441 e. The molecule has 1 aliphatic carbocycles. The van der Waals surface area contributed by atoms with Crippen molar-refractivity contribution in [3.8, 4) is 0 Å². The molecule has 3 atom stereocenters. The van der Waals surface area contributed by atoms with E-state index in [1.54, 1.807) is 11.0 Å². The molecule has 2 saturated heterocycles. The summed E-state index contributed by atoms with van der Waals surface area (Å²) in [6.45, 7) is 0.463. The van der Waals surface area contributed by atoms with Crippen LogP contribution in [0, 0.1) is 11.6 Å². The number of sulfonamides is 1. The van der Waals surface area contributed by atoms with Crippen LogP contribution in [-0.2, 0) is 14.8 Å². The van der Waals surface area contributed by atoms with Gasteiger partial charge >= 0.3 is 6.09 Å². The van der Waals surface area contributed by atoms with E-state index in [0.29, 0.717) is 50.6 Å². The van der Waals surface area contributed by atoms with Crippen LogP contribution in [-0.4, -0.2) is 59.7 Å². The maximum Gasteiger partial charge on any atom is 0.410 e. The summed E-state index contributed by atoms with van der Waals surface area (Å²) in [6, 6.07) is 7.51. The number of hydrogen-bond donors (Lipinski definition) is 1. The van der Waals surface area contributed by atoms with Crippen LogP contribution in [0.25, 0.3) is 0 Å². The third-order valence-electron chi connectivity index (χ3n) is 8.22. The first-order valence-corrected chi connectivity index (χ1v) is 15.3. The SMILES string of the molecule is O=C(OC1([C@H]2CCC[C@@H](c3cccc(F)c3)N2S(=O)(=O)c2ccc(Cl)cc2F)CC1)N1CCCCC1CCO.